The molecule has 3 rings (SSSR count). The number of carboxylic acid groups (broad SMARTS) is 1. The quantitative estimate of drug-likeness (QED) is 0.307. The van der Waals surface area contributed by atoms with Crippen LogP contribution in [0.1, 0.15) is 5.69 Å². The van der Waals surface area contributed by atoms with E-state index in [1.54, 1.807) is 0 Å². The first-order chi connectivity index (χ1) is 14.2. The molecule has 0 bridgehead atoms. The van der Waals surface area contributed by atoms with Gasteiger partial charge in [-0.05, 0) is 6.08 Å². The molecule has 1 aromatic rings. The number of halogens is 3. The number of rotatable bonds is 7. The summed E-state index contributed by atoms with van der Waals surface area (Å²) in [6.07, 6.45) is -1.21. The molecule has 3 heterocycles. The van der Waals surface area contributed by atoms with Gasteiger partial charge in [-0.1, -0.05) is 5.16 Å². The van der Waals surface area contributed by atoms with Crippen molar-refractivity contribution in [2.24, 2.45) is 5.16 Å². The van der Waals surface area contributed by atoms with Gasteiger partial charge in [-0.15, -0.1) is 23.1 Å². The maximum Gasteiger partial charge on any atom is 0.352 e. The van der Waals surface area contributed by atoms with Crippen molar-refractivity contribution in [1.29, 1.82) is 0 Å². The van der Waals surface area contributed by atoms with Crippen LogP contribution in [0.2, 0.25) is 0 Å². The molecule has 10 nitrogen and oxygen atoms in total. The number of amides is 2. The molecule has 1 fully saturated rings. The van der Waals surface area contributed by atoms with Crippen LogP contribution in [0, 0.1) is 0 Å². The summed E-state index contributed by atoms with van der Waals surface area (Å²) in [4.78, 5) is 45.6. The number of thiazole rings is 1. The highest BCUT2D eigenvalue weighted by Crippen LogP contribution is 2.37. The van der Waals surface area contributed by atoms with Gasteiger partial charge in [0.2, 0.25) is 5.83 Å². The number of aliphatic carboxylic acids is 1. The molecule has 2 aliphatic heterocycles. The van der Waals surface area contributed by atoms with Crippen molar-refractivity contribution in [2.75, 3.05) is 18.1 Å². The van der Waals surface area contributed by atoms with Gasteiger partial charge >= 0.3 is 12.0 Å². The zero-order valence-electron chi connectivity index (χ0n) is 14.7. The summed E-state index contributed by atoms with van der Waals surface area (Å²) >= 11 is 2.18. The lowest BCUT2D eigenvalue weighted by molar-refractivity contribution is -0.150. The average Bonchev–Trinajstić information content (AvgIpc) is 3.13. The lowest BCUT2D eigenvalue weighted by atomic mass is 10.0. The van der Waals surface area contributed by atoms with Crippen LogP contribution in [0.25, 0.3) is 0 Å². The van der Waals surface area contributed by atoms with Crippen LogP contribution in [0.3, 0.4) is 0 Å². The summed E-state index contributed by atoms with van der Waals surface area (Å²) in [6, 6.07) is -1.06. The van der Waals surface area contributed by atoms with Crippen molar-refractivity contribution in [1.82, 2.24) is 15.2 Å². The molecule has 0 aromatic carbocycles. The van der Waals surface area contributed by atoms with Crippen LogP contribution >= 0.6 is 23.1 Å². The number of hydrogen-bond donors (Lipinski definition) is 3. The number of aromatic nitrogens is 1. The van der Waals surface area contributed by atoms with Gasteiger partial charge in [0, 0.05) is 11.1 Å². The number of oxime groups is 1. The topological polar surface area (TPSA) is 147 Å². The number of β-lactam (4-membered cyclic amide) rings is 1. The number of nitrogens with zero attached hydrogens (tertiary/aromatic N) is 3. The fourth-order valence-electron chi connectivity index (χ4n) is 2.56. The molecular formula is C15H12F3N5O5S2. The first-order valence-electron chi connectivity index (χ1n) is 8.00. The Balaban J connectivity index is 1.76. The number of nitrogen functional groups attached to an aromatic ring is 1. The van der Waals surface area contributed by atoms with E-state index in [-0.39, 0.29) is 16.5 Å². The number of carbonyl (C=O) groups is 3. The third-order valence-electron chi connectivity index (χ3n) is 3.88. The van der Waals surface area contributed by atoms with Crippen LogP contribution in [-0.2, 0) is 19.2 Å². The molecule has 2 aliphatic rings. The summed E-state index contributed by atoms with van der Waals surface area (Å²) < 4.78 is 37.2. The van der Waals surface area contributed by atoms with E-state index in [0.717, 1.165) is 16.2 Å². The van der Waals surface area contributed by atoms with Crippen molar-refractivity contribution in [3.05, 3.63) is 34.8 Å². The van der Waals surface area contributed by atoms with Crippen LogP contribution in [-0.4, -0.2) is 62.3 Å². The highest BCUT2D eigenvalue weighted by atomic mass is 32.2. The van der Waals surface area contributed by atoms with Gasteiger partial charge in [0.25, 0.3) is 11.8 Å². The van der Waals surface area contributed by atoms with Crippen molar-refractivity contribution >= 4 is 51.7 Å². The van der Waals surface area contributed by atoms with Crippen LogP contribution in [0.5, 0.6) is 0 Å². The first-order valence-corrected chi connectivity index (χ1v) is 9.93. The molecule has 30 heavy (non-hydrogen) atoms. The van der Waals surface area contributed by atoms with Gasteiger partial charge in [0.1, 0.15) is 22.8 Å². The minimum atomic E-state index is -2.59. The zero-order valence-corrected chi connectivity index (χ0v) is 16.3. The molecule has 0 spiro atoms. The molecule has 1 aromatic heterocycles. The Morgan fingerprint density at radius 1 is 1.43 bits per heavy atom. The lowest BCUT2D eigenvalue weighted by Gasteiger charge is -2.48. The lowest BCUT2D eigenvalue weighted by Crippen LogP contribution is -2.70. The molecule has 2 amide bonds. The van der Waals surface area contributed by atoms with Crippen LogP contribution < -0.4 is 11.1 Å². The van der Waals surface area contributed by atoms with Crippen molar-refractivity contribution < 1.29 is 37.5 Å². The van der Waals surface area contributed by atoms with Gasteiger partial charge in [0.15, 0.2) is 17.5 Å². The summed E-state index contributed by atoms with van der Waals surface area (Å²) in [6.45, 7) is -1.22. The van der Waals surface area contributed by atoms with Crippen molar-refractivity contribution in [3.8, 4) is 0 Å². The third kappa shape index (κ3) is 4.25. The Labute approximate surface area is 174 Å². The molecule has 0 radical (unpaired) electrons. The fourth-order valence-corrected chi connectivity index (χ4v) is 4.30. The number of nitrogens with two attached hydrogens (primary N) is 1. The average molecular weight is 463 g/mol. The van der Waals surface area contributed by atoms with E-state index < -0.39 is 53.4 Å². The molecule has 15 heteroatoms. The number of carboxylic acids is 1. The van der Waals surface area contributed by atoms with Crippen LogP contribution in [0.15, 0.2) is 34.2 Å². The van der Waals surface area contributed by atoms with E-state index >= 15 is 0 Å². The molecule has 0 aliphatic carbocycles. The van der Waals surface area contributed by atoms with Gasteiger partial charge < -0.3 is 21.0 Å². The normalized spacial score (nSPS) is 20.6. The SMILES string of the molecule is Nc1nc(C(=NOCC(F)=C(F)F)C(=O)NC2C(=O)N3C(C(=O)O)=CCS[C@@H]23)cs1. The molecular weight excluding hydrogens is 451 g/mol. The second kappa shape index (κ2) is 8.74. The predicted octanol–water partition coefficient (Wildman–Crippen LogP) is 0.892. The molecule has 160 valence electrons. The van der Waals surface area contributed by atoms with Crippen molar-refractivity contribution in [3.63, 3.8) is 0 Å². The van der Waals surface area contributed by atoms with E-state index in [2.05, 4.69) is 20.3 Å². The Kier molecular flexibility index (Phi) is 6.31. The van der Waals surface area contributed by atoms with E-state index in [4.69, 9.17) is 10.8 Å². The number of carbonyl (C=O) groups excluding carboxylic acids is 2. The highest BCUT2D eigenvalue weighted by Gasteiger charge is 2.53. The maximum absolute atomic E-state index is 12.9. The zero-order chi connectivity index (χ0) is 22.0. The molecule has 4 N–H and O–H groups in total. The van der Waals surface area contributed by atoms with Crippen LogP contribution in [0.4, 0.5) is 18.3 Å². The van der Waals surface area contributed by atoms with E-state index in [1.165, 1.54) is 23.2 Å². The number of hydrogen-bond acceptors (Lipinski definition) is 9. The minimum Gasteiger partial charge on any atom is -0.477 e. The van der Waals surface area contributed by atoms with Crippen molar-refractivity contribution in [2.45, 2.75) is 11.4 Å². The summed E-state index contributed by atoms with van der Waals surface area (Å²) in [5, 5.41) is 15.7. The fraction of sp³-hybridized carbons (Fsp3) is 0.267. The molecule has 1 unspecified atom stereocenters. The van der Waals surface area contributed by atoms with E-state index in [0.29, 0.717) is 5.75 Å². The standard InChI is InChI=1S/C15H12F3N5O5S2/c16-5(10(17)18)3-28-22-8(6-4-30-15(19)20-6)11(24)21-9-12(25)23-7(14(26)27)1-2-29-13(9)23/h1,4,9,13H,2-3H2,(H2,19,20)(H,21,24)(H,26,27)/t9?,13-/m0/s1. The Morgan fingerprint density at radius 2 is 2.17 bits per heavy atom. The predicted molar refractivity (Wildman–Crippen MR) is 100 cm³/mol. The molecule has 1 saturated heterocycles. The number of fused-ring (bicyclic) bond motifs is 1. The Hall–Kier alpha value is -3.07. The smallest absolute Gasteiger partial charge is 0.352 e. The summed E-state index contributed by atoms with van der Waals surface area (Å²) in [5.74, 6) is -4.44. The monoisotopic (exact) mass is 463 g/mol. The number of thioether (sulfide) groups is 1. The molecule has 0 saturated carbocycles. The summed E-state index contributed by atoms with van der Waals surface area (Å²) in [7, 11) is 0. The third-order valence-corrected chi connectivity index (χ3v) is 5.74. The maximum atomic E-state index is 12.9. The second-order valence-corrected chi connectivity index (χ2v) is 7.77. The first kappa shape index (κ1) is 21.6. The van der Waals surface area contributed by atoms with Gasteiger partial charge in [-0.25, -0.2) is 14.2 Å². The second-order valence-electron chi connectivity index (χ2n) is 5.73. The van der Waals surface area contributed by atoms with Gasteiger partial charge in [-0.2, -0.15) is 8.78 Å². The number of nitrogens with one attached hydrogen (secondary N) is 1. The Bertz CT molecular complexity index is 991. The van der Waals surface area contributed by atoms with E-state index in [9.17, 15) is 27.6 Å². The van der Waals surface area contributed by atoms with Gasteiger partial charge in [-0.3, -0.25) is 14.5 Å². The Morgan fingerprint density at radius 3 is 2.77 bits per heavy atom. The minimum absolute atomic E-state index is 0.0661. The largest absolute Gasteiger partial charge is 0.477 e. The number of anilines is 1. The molecule has 2 atom stereocenters. The van der Waals surface area contributed by atoms with E-state index in [1.807, 2.05) is 0 Å². The highest BCUT2D eigenvalue weighted by molar-refractivity contribution is 8.00. The summed E-state index contributed by atoms with van der Waals surface area (Å²) in [5.41, 5.74) is 4.73. The van der Waals surface area contributed by atoms with Gasteiger partial charge in [0.05, 0.1) is 0 Å².